The van der Waals surface area contributed by atoms with E-state index in [4.69, 9.17) is 42.3 Å². The van der Waals surface area contributed by atoms with E-state index in [0.717, 1.165) is 0 Å². The zero-order valence-electron chi connectivity index (χ0n) is 28.1. The molecule has 5 heterocycles. The summed E-state index contributed by atoms with van der Waals surface area (Å²) in [5, 5.41) is 0. The lowest BCUT2D eigenvalue weighted by Crippen LogP contribution is -2.94. The van der Waals surface area contributed by atoms with Gasteiger partial charge >= 0.3 is 29.8 Å². The molecule has 8 aliphatic rings. The van der Waals surface area contributed by atoms with Gasteiger partial charge in [0.05, 0.1) is 17.9 Å². The number of carbonyl (C=O) groups excluding carboxylic acids is 5. The molecule has 0 amide bonds. The van der Waals surface area contributed by atoms with Gasteiger partial charge in [0.1, 0.15) is 23.9 Å². The van der Waals surface area contributed by atoms with Gasteiger partial charge in [-0.1, -0.05) is 20.8 Å². The number of rotatable bonds is 5. The largest absolute Gasteiger partial charge is 0.472 e. The molecule has 14 nitrogen and oxygen atoms in total. The van der Waals surface area contributed by atoms with E-state index in [1.54, 1.807) is 19.9 Å². The minimum atomic E-state index is -2.05. The summed E-state index contributed by atoms with van der Waals surface area (Å²) >= 11 is 0. The number of furan rings is 1. The van der Waals surface area contributed by atoms with E-state index in [1.807, 2.05) is 13.8 Å². The van der Waals surface area contributed by atoms with Gasteiger partial charge in [-0.25, -0.2) is 4.79 Å². The van der Waals surface area contributed by atoms with Crippen molar-refractivity contribution >= 4 is 29.8 Å². The second-order valence-electron chi connectivity index (χ2n) is 15.6. The zero-order valence-corrected chi connectivity index (χ0v) is 28.1. The van der Waals surface area contributed by atoms with Crippen molar-refractivity contribution < 1.29 is 66.3 Å². The smallest absolute Gasteiger partial charge is 0.331 e. The molecule has 0 aromatic carbocycles. The van der Waals surface area contributed by atoms with E-state index in [1.165, 1.54) is 32.4 Å². The first-order valence-electron chi connectivity index (χ1n) is 16.8. The third-order valence-corrected chi connectivity index (χ3v) is 13.4. The molecule has 14 heteroatoms. The van der Waals surface area contributed by atoms with Crippen LogP contribution in [0.25, 0.3) is 0 Å². The van der Waals surface area contributed by atoms with Gasteiger partial charge in [0.15, 0.2) is 17.8 Å². The quantitative estimate of drug-likeness (QED) is 0.328. The molecule has 4 aliphatic heterocycles. The van der Waals surface area contributed by atoms with Gasteiger partial charge in [0.2, 0.25) is 5.60 Å². The molecule has 49 heavy (non-hydrogen) atoms. The topological polar surface area (TPSA) is 172 Å². The van der Waals surface area contributed by atoms with Crippen LogP contribution in [0.1, 0.15) is 85.3 Å². The van der Waals surface area contributed by atoms with Crippen molar-refractivity contribution in [2.75, 3.05) is 6.61 Å². The van der Waals surface area contributed by atoms with Crippen LogP contribution in [0.3, 0.4) is 0 Å². The Labute approximate surface area is 281 Å². The van der Waals surface area contributed by atoms with Crippen molar-refractivity contribution in [1.29, 1.82) is 0 Å². The molecular formula is C35H38O14. The molecule has 4 aliphatic carbocycles. The Kier molecular flexibility index (Phi) is 5.70. The van der Waals surface area contributed by atoms with Gasteiger partial charge in [-0.15, -0.1) is 0 Å². The molecule has 262 valence electrons. The molecule has 1 aromatic heterocycles. The molecule has 0 N–H and O–H groups in total. The summed E-state index contributed by atoms with van der Waals surface area (Å²) in [6.45, 7) is 9.29. The van der Waals surface area contributed by atoms with Crippen molar-refractivity contribution in [2.24, 2.45) is 22.2 Å². The first-order chi connectivity index (χ1) is 23.0. The summed E-state index contributed by atoms with van der Waals surface area (Å²) in [6.07, 6.45) is 1.24. The minimum Gasteiger partial charge on any atom is -0.472 e. The lowest BCUT2D eigenvalue weighted by molar-refractivity contribution is -0.482. The molecule has 4 saturated carbocycles. The van der Waals surface area contributed by atoms with Gasteiger partial charge in [0, 0.05) is 56.1 Å². The van der Waals surface area contributed by atoms with Crippen LogP contribution >= 0.6 is 0 Å². The monoisotopic (exact) mass is 682 g/mol. The van der Waals surface area contributed by atoms with E-state index >= 15 is 0 Å². The molecular weight excluding hydrogens is 644 g/mol. The van der Waals surface area contributed by atoms with E-state index in [2.05, 4.69) is 0 Å². The molecule has 3 spiro atoms. The van der Waals surface area contributed by atoms with Gasteiger partial charge in [-0.05, 0) is 36.8 Å². The second-order valence-corrected chi connectivity index (χ2v) is 15.6. The molecule has 12 unspecified atom stereocenters. The maximum absolute atomic E-state index is 13.8. The lowest BCUT2D eigenvalue weighted by atomic mass is 9.34. The molecule has 12 atom stereocenters. The fourth-order valence-electron chi connectivity index (χ4n) is 12.5. The zero-order chi connectivity index (χ0) is 34.8. The number of hydrogen-bond donors (Lipinski definition) is 0. The van der Waals surface area contributed by atoms with E-state index in [9.17, 15) is 24.0 Å². The SMILES string of the molecule is CCC(=O)OC1C23OC4(C)OC2(CCC2(C)C3=CC(=O)OC2c2ccoc2)C23COC(=O)CC2C2(C)CC3(O4)C1(OC(C)=O)C2OC(C)=O. The Morgan fingerprint density at radius 3 is 2.39 bits per heavy atom. The van der Waals surface area contributed by atoms with Gasteiger partial charge in [0.25, 0.3) is 5.97 Å². The fourth-order valence-corrected chi connectivity index (χ4v) is 12.5. The van der Waals surface area contributed by atoms with Crippen LogP contribution in [0.2, 0.25) is 0 Å². The highest BCUT2D eigenvalue weighted by Gasteiger charge is 3.06. The highest BCUT2D eigenvalue weighted by atomic mass is 16.9. The predicted octanol–water partition coefficient (Wildman–Crippen LogP) is 3.11. The number of fused-ring (bicyclic) bond motifs is 4. The van der Waals surface area contributed by atoms with Crippen LogP contribution in [-0.2, 0) is 61.9 Å². The normalized spacial score (nSPS) is 50.7. The van der Waals surface area contributed by atoms with Crippen molar-refractivity contribution in [1.82, 2.24) is 0 Å². The predicted molar refractivity (Wildman–Crippen MR) is 157 cm³/mol. The van der Waals surface area contributed by atoms with Crippen molar-refractivity contribution in [3.05, 3.63) is 35.8 Å². The maximum Gasteiger partial charge on any atom is 0.331 e. The Morgan fingerprint density at radius 2 is 1.71 bits per heavy atom. The summed E-state index contributed by atoms with van der Waals surface area (Å²) in [5.41, 5.74) is -9.47. The molecule has 3 saturated heterocycles. The van der Waals surface area contributed by atoms with Crippen LogP contribution < -0.4 is 0 Å². The number of esters is 5. The molecule has 9 rings (SSSR count). The number of cyclic esters (lactones) is 2. The summed E-state index contributed by atoms with van der Waals surface area (Å²) in [7, 11) is 0. The standard InChI is InChI=1S/C35H38O14/c1-7-22(38)45-27-34-21-13-24(40)44-25(19-8-11-41-14-19)28(21,4)9-10-32(34)31-16-42-23(39)12-20(31)29(5)15-33(31,48-30(6,47-32)49-34)35(27,46-18(3)37)26(29)43-17(2)36/h8,11,13-14,20,25-27H,7,9-10,12,15-16H2,1-6H3. The minimum absolute atomic E-state index is 0.0708. The first kappa shape index (κ1) is 31.2. The highest BCUT2D eigenvalue weighted by Crippen LogP contribution is 2.90. The average molecular weight is 683 g/mol. The maximum atomic E-state index is 13.8. The average Bonchev–Trinajstić information content (AvgIpc) is 3.73. The van der Waals surface area contributed by atoms with E-state index in [-0.39, 0.29) is 32.3 Å². The van der Waals surface area contributed by atoms with Crippen molar-refractivity contribution in [3.8, 4) is 0 Å². The van der Waals surface area contributed by atoms with Crippen LogP contribution in [0.15, 0.2) is 34.7 Å². The Balaban J connectivity index is 1.44. The number of hydrogen-bond acceptors (Lipinski definition) is 14. The molecule has 0 radical (unpaired) electrons. The number of ether oxygens (including phenoxy) is 8. The number of carbonyl (C=O) groups is 5. The van der Waals surface area contributed by atoms with Crippen molar-refractivity contribution in [2.45, 2.75) is 120 Å². The summed E-state index contributed by atoms with van der Waals surface area (Å²) in [5.74, 6) is -5.69. The molecule has 4 bridgehead atoms. The Bertz CT molecular complexity index is 1780. The summed E-state index contributed by atoms with van der Waals surface area (Å²) in [4.78, 5) is 67.3. The van der Waals surface area contributed by atoms with E-state index in [0.29, 0.717) is 17.6 Å². The van der Waals surface area contributed by atoms with Crippen LogP contribution in [0, 0.1) is 22.2 Å². The van der Waals surface area contributed by atoms with Crippen LogP contribution in [0.5, 0.6) is 0 Å². The van der Waals surface area contributed by atoms with E-state index < -0.39 is 98.7 Å². The first-order valence-corrected chi connectivity index (χ1v) is 16.8. The lowest BCUT2D eigenvalue weighted by Gasteiger charge is -2.76. The summed E-state index contributed by atoms with van der Waals surface area (Å²) < 4.78 is 58.1. The third-order valence-electron chi connectivity index (χ3n) is 13.4. The van der Waals surface area contributed by atoms with Gasteiger partial charge in [-0.3, -0.25) is 19.2 Å². The van der Waals surface area contributed by atoms with Crippen molar-refractivity contribution in [3.63, 3.8) is 0 Å². The molecule has 7 fully saturated rings. The Morgan fingerprint density at radius 1 is 0.959 bits per heavy atom. The highest BCUT2D eigenvalue weighted by molar-refractivity contribution is 5.86. The van der Waals surface area contributed by atoms with Crippen LogP contribution in [0.4, 0.5) is 0 Å². The summed E-state index contributed by atoms with van der Waals surface area (Å²) in [6, 6.07) is 1.71. The van der Waals surface area contributed by atoms with Gasteiger partial charge in [-0.2, -0.15) is 0 Å². The van der Waals surface area contributed by atoms with Gasteiger partial charge < -0.3 is 42.3 Å². The second kappa shape index (κ2) is 8.93. The Hall–Kier alpha value is -3.75. The fraction of sp³-hybridized carbons (Fsp3) is 0.686. The third kappa shape index (κ3) is 3.04. The molecule has 1 aromatic rings. The van der Waals surface area contributed by atoms with Crippen LogP contribution in [-0.4, -0.2) is 77.0 Å².